The fourth-order valence-electron chi connectivity index (χ4n) is 3.17. The van der Waals surface area contributed by atoms with Gasteiger partial charge in [0.15, 0.2) is 0 Å². The summed E-state index contributed by atoms with van der Waals surface area (Å²) in [5.74, 6) is -0.496. The summed E-state index contributed by atoms with van der Waals surface area (Å²) in [4.78, 5) is 29.1. The third kappa shape index (κ3) is 4.37. The predicted molar refractivity (Wildman–Crippen MR) is 113 cm³/mol. The summed E-state index contributed by atoms with van der Waals surface area (Å²) in [7, 11) is 0. The Balaban J connectivity index is 1.99. The third-order valence-corrected chi connectivity index (χ3v) is 5.60. The molecular formula is C23H25NO3S. The number of aryl methyl sites for hydroxylation is 2. The lowest BCUT2D eigenvalue weighted by molar-refractivity contribution is -0.137. The number of carbonyl (C=O) groups excluding carboxylic acids is 2. The highest BCUT2D eigenvalue weighted by molar-refractivity contribution is 8.04. The average molecular weight is 396 g/mol. The van der Waals surface area contributed by atoms with Gasteiger partial charge in [-0.25, -0.2) is 0 Å². The van der Waals surface area contributed by atoms with Gasteiger partial charge in [0.05, 0.1) is 29.7 Å². The van der Waals surface area contributed by atoms with Crippen LogP contribution in [0.1, 0.15) is 30.5 Å². The van der Waals surface area contributed by atoms with Crippen molar-refractivity contribution in [2.45, 2.75) is 38.7 Å². The lowest BCUT2D eigenvalue weighted by Crippen LogP contribution is -2.35. The summed E-state index contributed by atoms with van der Waals surface area (Å²) in [5, 5.41) is 0. The summed E-state index contributed by atoms with van der Waals surface area (Å²) in [5.41, 5.74) is 3.41. The van der Waals surface area contributed by atoms with Crippen LogP contribution in [0.25, 0.3) is 5.57 Å². The van der Waals surface area contributed by atoms with Crippen LogP contribution < -0.4 is 0 Å². The molecule has 0 spiro atoms. The number of nitrogens with zero attached hydrogens (tertiary/aromatic N) is 1. The molecular weight excluding hydrogens is 370 g/mol. The predicted octanol–water partition coefficient (Wildman–Crippen LogP) is 4.60. The molecule has 0 radical (unpaired) electrons. The highest BCUT2D eigenvalue weighted by Crippen LogP contribution is 2.40. The number of rotatable bonds is 7. The number of ether oxygens (including phenoxy) is 1. The largest absolute Gasteiger partial charge is 0.377 e. The molecule has 1 heterocycles. The Morgan fingerprint density at radius 2 is 1.71 bits per heavy atom. The lowest BCUT2D eigenvalue weighted by Gasteiger charge is -2.16. The lowest BCUT2D eigenvalue weighted by atomic mass is 9.99. The van der Waals surface area contributed by atoms with E-state index in [1.165, 1.54) is 16.7 Å². The van der Waals surface area contributed by atoms with Gasteiger partial charge in [-0.05, 0) is 51.0 Å². The number of hydrogen-bond acceptors (Lipinski definition) is 4. The van der Waals surface area contributed by atoms with Crippen LogP contribution in [0.3, 0.4) is 0 Å². The molecule has 28 heavy (non-hydrogen) atoms. The van der Waals surface area contributed by atoms with Gasteiger partial charge in [0, 0.05) is 4.90 Å². The van der Waals surface area contributed by atoms with Crippen molar-refractivity contribution in [2.75, 3.05) is 13.2 Å². The van der Waals surface area contributed by atoms with E-state index in [9.17, 15) is 9.59 Å². The second-order valence-electron chi connectivity index (χ2n) is 7.12. The Bertz CT molecular complexity index is 919. The fourth-order valence-corrected chi connectivity index (χ4v) is 4.20. The van der Waals surface area contributed by atoms with Crippen molar-refractivity contribution in [1.29, 1.82) is 0 Å². The first-order chi connectivity index (χ1) is 13.4. The molecule has 0 fully saturated rings. The van der Waals surface area contributed by atoms with Gasteiger partial charge in [-0.1, -0.05) is 53.7 Å². The Morgan fingerprint density at radius 3 is 2.36 bits per heavy atom. The van der Waals surface area contributed by atoms with E-state index in [1.54, 1.807) is 0 Å². The van der Waals surface area contributed by atoms with E-state index in [-0.39, 0.29) is 24.5 Å². The molecule has 1 aliphatic heterocycles. The van der Waals surface area contributed by atoms with Crippen LogP contribution in [0, 0.1) is 13.8 Å². The molecule has 146 valence electrons. The summed E-state index contributed by atoms with van der Waals surface area (Å²) in [6, 6.07) is 15.6. The van der Waals surface area contributed by atoms with Crippen molar-refractivity contribution < 1.29 is 14.3 Å². The van der Waals surface area contributed by atoms with Gasteiger partial charge >= 0.3 is 0 Å². The molecule has 0 aromatic heterocycles. The second kappa shape index (κ2) is 8.76. The van der Waals surface area contributed by atoms with Gasteiger partial charge in [-0.2, -0.15) is 0 Å². The maximum Gasteiger partial charge on any atom is 0.268 e. The summed E-state index contributed by atoms with van der Waals surface area (Å²) >= 11 is 1.35. The normalized spacial score (nSPS) is 14.5. The molecule has 5 heteroatoms. The SMILES string of the molecule is Cc1ccc(C2=C(Sc3ccccc3)C(=O)N(CCOC(C)C)C2=O)c(C)c1. The molecule has 2 amide bonds. The van der Waals surface area contributed by atoms with Crippen molar-refractivity contribution in [3.8, 4) is 0 Å². The zero-order valence-electron chi connectivity index (χ0n) is 16.7. The van der Waals surface area contributed by atoms with Crippen LogP contribution in [-0.4, -0.2) is 36.0 Å². The molecule has 2 aromatic rings. The van der Waals surface area contributed by atoms with Gasteiger partial charge in [-0.15, -0.1) is 0 Å². The van der Waals surface area contributed by atoms with Crippen LogP contribution in [-0.2, 0) is 14.3 Å². The van der Waals surface area contributed by atoms with Crippen molar-refractivity contribution >= 4 is 29.1 Å². The number of carbonyl (C=O) groups is 2. The minimum atomic E-state index is -0.249. The molecule has 4 nitrogen and oxygen atoms in total. The van der Waals surface area contributed by atoms with Gasteiger partial charge in [-0.3, -0.25) is 14.5 Å². The Labute approximate surface area is 170 Å². The summed E-state index contributed by atoms with van der Waals surface area (Å²) in [6.07, 6.45) is 0.0535. The van der Waals surface area contributed by atoms with E-state index >= 15 is 0 Å². The highest BCUT2D eigenvalue weighted by atomic mass is 32.2. The standard InChI is InChI=1S/C23H25NO3S/c1-15(2)27-13-12-24-22(25)20(19-11-10-16(3)14-17(19)4)21(23(24)26)28-18-8-6-5-7-9-18/h5-11,14-15H,12-13H2,1-4H3. The summed E-state index contributed by atoms with van der Waals surface area (Å²) < 4.78 is 5.56. The van der Waals surface area contributed by atoms with Crippen molar-refractivity contribution in [3.63, 3.8) is 0 Å². The number of imide groups is 1. The quantitative estimate of drug-likeness (QED) is 0.643. The third-order valence-electron chi connectivity index (χ3n) is 4.51. The van der Waals surface area contributed by atoms with E-state index in [4.69, 9.17) is 4.74 Å². The van der Waals surface area contributed by atoms with Crippen LogP contribution in [0.5, 0.6) is 0 Å². The van der Waals surface area contributed by atoms with E-state index < -0.39 is 0 Å². The maximum atomic E-state index is 13.2. The molecule has 0 unspecified atom stereocenters. The first-order valence-electron chi connectivity index (χ1n) is 9.41. The molecule has 0 aliphatic carbocycles. The molecule has 0 atom stereocenters. The number of hydrogen-bond donors (Lipinski definition) is 0. The minimum absolute atomic E-state index is 0.0535. The Hall–Kier alpha value is -2.37. The smallest absolute Gasteiger partial charge is 0.268 e. The zero-order chi connectivity index (χ0) is 20.3. The molecule has 2 aromatic carbocycles. The van der Waals surface area contributed by atoms with E-state index in [0.717, 1.165) is 21.6 Å². The number of benzene rings is 2. The molecule has 1 aliphatic rings. The molecule has 0 bridgehead atoms. The summed E-state index contributed by atoms with van der Waals surface area (Å²) in [6.45, 7) is 8.44. The second-order valence-corrected chi connectivity index (χ2v) is 8.20. The monoisotopic (exact) mass is 395 g/mol. The molecule has 0 saturated heterocycles. The zero-order valence-corrected chi connectivity index (χ0v) is 17.5. The van der Waals surface area contributed by atoms with Crippen LogP contribution in [0.2, 0.25) is 0 Å². The van der Waals surface area contributed by atoms with Gasteiger partial charge < -0.3 is 4.74 Å². The van der Waals surface area contributed by atoms with Crippen LogP contribution in [0.15, 0.2) is 58.3 Å². The first kappa shape index (κ1) is 20.4. The first-order valence-corrected chi connectivity index (χ1v) is 10.2. The molecule has 3 rings (SSSR count). The number of amides is 2. The molecule has 0 saturated carbocycles. The van der Waals surface area contributed by atoms with Crippen LogP contribution in [0.4, 0.5) is 0 Å². The number of thioether (sulfide) groups is 1. The van der Waals surface area contributed by atoms with E-state index in [2.05, 4.69) is 0 Å². The fraction of sp³-hybridized carbons (Fsp3) is 0.304. The van der Waals surface area contributed by atoms with Crippen molar-refractivity contribution in [1.82, 2.24) is 4.90 Å². The van der Waals surface area contributed by atoms with Crippen molar-refractivity contribution in [3.05, 3.63) is 70.1 Å². The Kier molecular flexibility index (Phi) is 6.37. The van der Waals surface area contributed by atoms with E-state index in [0.29, 0.717) is 17.1 Å². The average Bonchev–Trinajstić information content (AvgIpc) is 2.87. The van der Waals surface area contributed by atoms with E-state index in [1.807, 2.05) is 76.2 Å². The highest BCUT2D eigenvalue weighted by Gasteiger charge is 2.39. The molecule has 0 N–H and O–H groups in total. The minimum Gasteiger partial charge on any atom is -0.377 e. The van der Waals surface area contributed by atoms with Crippen LogP contribution >= 0.6 is 11.8 Å². The van der Waals surface area contributed by atoms with Gasteiger partial charge in [0.2, 0.25) is 0 Å². The topological polar surface area (TPSA) is 46.6 Å². The van der Waals surface area contributed by atoms with Gasteiger partial charge in [0.1, 0.15) is 0 Å². The van der Waals surface area contributed by atoms with Crippen molar-refractivity contribution in [2.24, 2.45) is 0 Å². The van der Waals surface area contributed by atoms with Gasteiger partial charge in [0.25, 0.3) is 11.8 Å². The Morgan fingerprint density at radius 1 is 1.00 bits per heavy atom. The maximum absolute atomic E-state index is 13.2.